The molecule has 44 heavy (non-hydrogen) atoms. The van der Waals surface area contributed by atoms with Crippen molar-refractivity contribution >= 4 is 29.4 Å². The fourth-order valence-corrected chi connectivity index (χ4v) is 8.63. The number of aliphatic hydroxyl groups is 1. The van der Waals surface area contributed by atoms with Crippen LogP contribution < -0.4 is 16.4 Å². The predicted molar refractivity (Wildman–Crippen MR) is 164 cm³/mol. The number of fused-ring (bicyclic) bond motifs is 5. The Morgan fingerprint density at radius 3 is 2.45 bits per heavy atom. The third kappa shape index (κ3) is 6.37. The quantitative estimate of drug-likeness (QED) is 0.176. The van der Waals surface area contributed by atoms with Crippen LogP contribution in [0.3, 0.4) is 0 Å². The number of carbonyl (C=O) groups excluding carboxylic acids is 3. The molecule has 11 heteroatoms. The van der Waals surface area contributed by atoms with Crippen molar-refractivity contribution in [1.82, 2.24) is 10.6 Å². The van der Waals surface area contributed by atoms with Crippen LogP contribution >= 0.6 is 0 Å². The highest BCUT2D eigenvalue weighted by molar-refractivity contribution is 5.96. The van der Waals surface area contributed by atoms with Crippen molar-refractivity contribution in [2.45, 2.75) is 110 Å². The molecule has 4 aliphatic rings. The van der Waals surface area contributed by atoms with Gasteiger partial charge in [-0.05, 0) is 93.0 Å². The number of hydrogen-bond donors (Lipinski definition) is 5. The van der Waals surface area contributed by atoms with Gasteiger partial charge in [-0.25, -0.2) is 4.79 Å². The van der Waals surface area contributed by atoms with Gasteiger partial charge in [0.15, 0.2) is 6.61 Å². The van der Waals surface area contributed by atoms with Crippen LogP contribution in [0.25, 0.3) is 0 Å². The zero-order chi connectivity index (χ0) is 32.4. The van der Waals surface area contributed by atoms with Crippen molar-refractivity contribution in [2.75, 3.05) is 6.61 Å². The molecule has 0 aliphatic heterocycles. The maximum Gasteiger partial charge on any atom is 0.326 e. The van der Waals surface area contributed by atoms with Crippen molar-refractivity contribution in [3.63, 3.8) is 0 Å². The summed E-state index contributed by atoms with van der Waals surface area (Å²) in [5, 5.41) is 29.9. The summed E-state index contributed by atoms with van der Waals surface area (Å²) in [7, 11) is 0. The van der Waals surface area contributed by atoms with Crippen LogP contribution in [0, 0.1) is 46.8 Å². The van der Waals surface area contributed by atoms with Gasteiger partial charge in [0, 0.05) is 11.8 Å². The number of nitrogens with two attached hydrogens (primary N) is 1. The molecule has 0 aromatic rings. The number of carboxylic acids is 1. The number of primary amides is 1. The predicted octanol–water partition coefficient (Wildman–Crippen LogP) is 2.66. The number of carboxylic acid groups (broad SMARTS) is 1. The van der Waals surface area contributed by atoms with Crippen molar-refractivity contribution in [3.05, 3.63) is 11.6 Å². The van der Waals surface area contributed by atoms with Gasteiger partial charge in [-0.2, -0.15) is 0 Å². The molecule has 4 rings (SSSR count). The zero-order valence-corrected chi connectivity index (χ0v) is 26.4. The van der Waals surface area contributed by atoms with Crippen LogP contribution in [-0.2, 0) is 24.0 Å². The lowest BCUT2D eigenvalue weighted by atomic mass is 9.46. The molecule has 8 atom stereocenters. The molecule has 0 heterocycles. The lowest BCUT2D eigenvalue weighted by Crippen LogP contribution is -2.54. The normalized spacial score (nSPS) is 34.8. The van der Waals surface area contributed by atoms with Crippen LogP contribution in [0.1, 0.15) is 91.9 Å². The number of allylic oxidation sites excluding steroid dienone is 2. The highest BCUT2D eigenvalue weighted by Gasteiger charge is 2.63. The van der Waals surface area contributed by atoms with Gasteiger partial charge in [-0.3, -0.25) is 14.4 Å². The Morgan fingerprint density at radius 2 is 1.82 bits per heavy atom. The number of amides is 3. The van der Waals surface area contributed by atoms with Gasteiger partial charge in [-0.1, -0.05) is 44.3 Å². The van der Waals surface area contributed by atoms with Crippen LogP contribution in [-0.4, -0.2) is 63.9 Å². The summed E-state index contributed by atoms with van der Waals surface area (Å²) >= 11 is 0. The van der Waals surface area contributed by atoms with Gasteiger partial charge in [0.05, 0.1) is 5.71 Å². The van der Waals surface area contributed by atoms with Crippen molar-refractivity contribution in [1.29, 1.82) is 0 Å². The Labute approximate surface area is 259 Å². The zero-order valence-electron chi connectivity index (χ0n) is 26.4. The first-order valence-electron chi connectivity index (χ1n) is 15.9. The molecule has 6 N–H and O–H groups in total. The fraction of sp³-hybridized carbons (Fsp3) is 0.727. The summed E-state index contributed by atoms with van der Waals surface area (Å²) in [4.78, 5) is 53.4. The van der Waals surface area contributed by atoms with Crippen LogP contribution in [0.15, 0.2) is 16.8 Å². The summed E-state index contributed by atoms with van der Waals surface area (Å²) in [6, 6.07) is -2.31. The van der Waals surface area contributed by atoms with Gasteiger partial charge < -0.3 is 31.4 Å². The molecule has 0 aromatic heterocycles. The molecule has 3 amide bonds. The molecule has 0 bridgehead atoms. The lowest BCUT2D eigenvalue weighted by molar-refractivity contribution is -0.143. The molecule has 0 aromatic carbocycles. The summed E-state index contributed by atoms with van der Waals surface area (Å²) in [6.45, 7) is 7.61. The summed E-state index contributed by atoms with van der Waals surface area (Å²) in [5.41, 5.74) is 6.07. The minimum Gasteiger partial charge on any atom is -0.480 e. The number of hydrogen-bond acceptors (Lipinski definition) is 7. The van der Waals surface area contributed by atoms with Gasteiger partial charge in [0.1, 0.15) is 17.7 Å². The average Bonchev–Trinajstić information content (AvgIpc) is 3.24. The topological polar surface area (TPSA) is 180 Å². The Kier molecular flexibility index (Phi) is 9.84. The summed E-state index contributed by atoms with van der Waals surface area (Å²) < 4.78 is 0. The molecule has 0 saturated heterocycles. The van der Waals surface area contributed by atoms with E-state index in [1.54, 1.807) is 13.8 Å². The van der Waals surface area contributed by atoms with E-state index in [-0.39, 0.29) is 29.6 Å². The van der Waals surface area contributed by atoms with E-state index in [1.807, 2.05) is 0 Å². The number of aliphatic carboxylic acids is 1. The molecule has 3 saturated carbocycles. The number of terminal acetylenes is 1. The second-order valence-electron chi connectivity index (χ2n) is 14.1. The summed E-state index contributed by atoms with van der Waals surface area (Å²) in [6.07, 6.45) is 14.9. The van der Waals surface area contributed by atoms with E-state index in [9.17, 15) is 29.4 Å². The monoisotopic (exact) mass is 612 g/mol. The molecule has 0 spiro atoms. The Hall–Kier alpha value is -3.39. The standard InChI is InChI=1S/C33H48N4O7/c1-6-33(43)16-13-24-22-8-7-20-17-21(11-14-31(20,4)23(22)12-15-32(24,33)5)37-44-18-27(39)36-28(19(2)3)29(40)35-25(30(41)42)9-10-26(34)38/h1,17,19,22-25,28,43H,7-16,18H2,2-5H3,(H2,34,38)(H,35,40)(H,36,39)(H,41,42)/b37-21-/t22-,23-,24-,25+,28+,31+,32+,33-/m1/s1. The van der Waals surface area contributed by atoms with E-state index in [4.69, 9.17) is 17.0 Å². The van der Waals surface area contributed by atoms with E-state index < -0.39 is 48.0 Å². The van der Waals surface area contributed by atoms with E-state index in [0.29, 0.717) is 24.2 Å². The summed E-state index contributed by atoms with van der Waals surface area (Å²) in [5.74, 6) is 0.706. The van der Waals surface area contributed by atoms with Crippen LogP contribution in [0.2, 0.25) is 0 Å². The lowest BCUT2D eigenvalue weighted by Gasteiger charge is -2.58. The van der Waals surface area contributed by atoms with Gasteiger partial charge in [0.25, 0.3) is 5.91 Å². The second kappa shape index (κ2) is 12.9. The maximum absolute atomic E-state index is 12.8. The molecule has 11 nitrogen and oxygen atoms in total. The Morgan fingerprint density at radius 1 is 1.11 bits per heavy atom. The minimum absolute atomic E-state index is 0.0561. The Bertz CT molecular complexity index is 1270. The van der Waals surface area contributed by atoms with E-state index >= 15 is 0 Å². The van der Waals surface area contributed by atoms with Crippen molar-refractivity contribution in [3.8, 4) is 12.3 Å². The highest BCUT2D eigenvalue weighted by Crippen LogP contribution is 2.67. The van der Waals surface area contributed by atoms with Gasteiger partial charge in [0.2, 0.25) is 11.8 Å². The first-order valence-corrected chi connectivity index (χ1v) is 15.9. The molecule has 3 fully saturated rings. The van der Waals surface area contributed by atoms with E-state index in [1.165, 1.54) is 5.57 Å². The number of rotatable bonds is 11. The van der Waals surface area contributed by atoms with Crippen LogP contribution in [0.4, 0.5) is 0 Å². The first kappa shape index (κ1) is 33.5. The SMILES string of the molecule is C#C[C@@]1(O)CC[C@@H]2[C@@H]3CCC4=C/C(=N\OCC(=O)N[C@H](C(=O)N[C@@H](CCC(N)=O)C(=O)O)C(C)C)CC[C@]4(C)[C@@H]3CC[C@@]21C. The smallest absolute Gasteiger partial charge is 0.326 e. The average molecular weight is 613 g/mol. The number of oxime groups is 1. The van der Waals surface area contributed by atoms with E-state index in [2.05, 4.69) is 41.6 Å². The first-order chi connectivity index (χ1) is 20.6. The molecule has 0 unspecified atom stereocenters. The van der Waals surface area contributed by atoms with Gasteiger partial charge >= 0.3 is 5.97 Å². The maximum atomic E-state index is 12.8. The molecular weight excluding hydrogens is 564 g/mol. The van der Waals surface area contributed by atoms with Crippen molar-refractivity contribution < 1.29 is 34.2 Å². The number of nitrogens with one attached hydrogen (secondary N) is 2. The molecule has 4 aliphatic carbocycles. The fourth-order valence-electron chi connectivity index (χ4n) is 8.63. The van der Waals surface area contributed by atoms with E-state index in [0.717, 1.165) is 50.7 Å². The third-order valence-corrected chi connectivity index (χ3v) is 11.3. The van der Waals surface area contributed by atoms with Gasteiger partial charge in [-0.15, -0.1) is 6.42 Å². The highest BCUT2D eigenvalue weighted by atomic mass is 16.6. The second-order valence-corrected chi connectivity index (χ2v) is 14.1. The number of carbonyl (C=O) groups is 4. The van der Waals surface area contributed by atoms with Crippen LogP contribution in [0.5, 0.6) is 0 Å². The molecule has 242 valence electrons. The Balaban J connectivity index is 1.34. The number of nitrogens with zero attached hydrogens (tertiary/aromatic N) is 1. The molecular formula is C33H48N4O7. The largest absolute Gasteiger partial charge is 0.480 e. The third-order valence-electron chi connectivity index (χ3n) is 11.3. The minimum atomic E-state index is -1.31. The van der Waals surface area contributed by atoms with Crippen molar-refractivity contribution in [2.24, 2.45) is 45.4 Å². The molecule has 0 radical (unpaired) electrons.